The SMILES string of the molecule is CC(=O)[C@H](Cc1ccccc1)NC(=O)COc1ccc(C(N)=O)cc1. The van der Waals surface area contributed by atoms with Gasteiger partial charge in [-0.1, -0.05) is 30.3 Å². The Kier molecular flexibility index (Phi) is 6.28. The number of amides is 2. The second-order valence-electron chi connectivity index (χ2n) is 5.60. The molecule has 2 aromatic carbocycles. The molecule has 6 nitrogen and oxygen atoms in total. The van der Waals surface area contributed by atoms with Gasteiger partial charge in [0, 0.05) is 5.56 Å². The van der Waals surface area contributed by atoms with Gasteiger partial charge in [0.1, 0.15) is 5.75 Å². The summed E-state index contributed by atoms with van der Waals surface area (Å²) in [5, 5.41) is 2.68. The third kappa shape index (κ3) is 5.76. The highest BCUT2D eigenvalue weighted by Gasteiger charge is 2.17. The molecule has 1 atom stereocenters. The van der Waals surface area contributed by atoms with E-state index in [2.05, 4.69) is 5.32 Å². The maximum absolute atomic E-state index is 12.0. The highest BCUT2D eigenvalue weighted by Crippen LogP contribution is 2.11. The minimum Gasteiger partial charge on any atom is -0.484 e. The lowest BCUT2D eigenvalue weighted by Gasteiger charge is -2.16. The molecule has 0 radical (unpaired) electrons. The zero-order valence-corrected chi connectivity index (χ0v) is 13.9. The van der Waals surface area contributed by atoms with E-state index < -0.39 is 17.9 Å². The van der Waals surface area contributed by atoms with E-state index in [0.717, 1.165) is 5.56 Å². The molecule has 3 N–H and O–H groups in total. The summed E-state index contributed by atoms with van der Waals surface area (Å²) >= 11 is 0. The smallest absolute Gasteiger partial charge is 0.258 e. The molecule has 25 heavy (non-hydrogen) atoms. The molecule has 0 aromatic heterocycles. The Hall–Kier alpha value is -3.15. The number of carbonyl (C=O) groups is 3. The van der Waals surface area contributed by atoms with Gasteiger partial charge in [-0.05, 0) is 43.2 Å². The van der Waals surface area contributed by atoms with Crippen LogP contribution < -0.4 is 15.8 Å². The number of Topliss-reactive ketones (excluding diaryl/α,β-unsaturated/α-hetero) is 1. The van der Waals surface area contributed by atoms with Crippen LogP contribution in [0.5, 0.6) is 5.75 Å². The van der Waals surface area contributed by atoms with E-state index in [0.29, 0.717) is 17.7 Å². The number of benzene rings is 2. The molecule has 2 aromatic rings. The standard InChI is InChI=1S/C19H20N2O4/c1-13(22)17(11-14-5-3-2-4-6-14)21-18(23)12-25-16-9-7-15(8-10-16)19(20)24/h2-10,17H,11-12H2,1H3,(H2,20,24)(H,21,23)/t17-/m0/s1. The molecule has 0 spiro atoms. The van der Waals surface area contributed by atoms with Crippen LogP contribution in [0.3, 0.4) is 0 Å². The number of ketones is 1. The van der Waals surface area contributed by atoms with E-state index >= 15 is 0 Å². The number of hydrogen-bond donors (Lipinski definition) is 2. The number of hydrogen-bond acceptors (Lipinski definition) is 4. The number of rotatable bonds is 8. The summed E-state index contributed by atoms with van der Waals surface area (Å²) in [6.45, 7) is 1.21. The quantitative estimate of drug-likeness (QED) is 0.760. The average Bonchev–Trinajstić information content (AvgIpc) is 2.60. The molecule has 6 heteroatoms. The first-order valence-electron chi connectivity index (χ1n) is 7.82. The van der Waals surface area contributed by atoms with Crippen molar-refractivity contribution < 1.29 is 19.1 Å². The molecular formula is C19H20N2O4. The summed E-state index contributed by atoms with van der Waals surface area (Å²) in [4.78, 5) is 34.8. The predicted octanol–water partition coefficient (Wildman–Crippen LogP) is 1.48. The minimum atomic E-state index is -0.601. The predicted molar refractivity (Wildman–Crippen MR) is 93.2 cm³/mol. The monoisotopic (exact) mass is 340 g/mol. The van der Waals surface area contributed by atoms with Crippen LogP contribution in [0.2, 0.25) is 0 Å². The van der Waals surface area contributed by atoms with Gasteiger partial charge < -0.3 is 15.8 Å². The Morgan fingerprint density at radius 2 is 1.68 bits per heavy atom. The molecular weight excluding hydrogens is 320 g/mol. The van der Waals surface area contributed by atoms with Gasteiger partial charge in [0.05, 0.1) is 6.04 Å². The van der Waals surface area contributed by atoms with E-state index in [9.17, 15) is 14.4 Å². The Balaban J connectivity index is 1.88. The van der Waals surface area contributed by atoms with Gasteiger partial charge in [-0.15, -0.1) is 0 Å². The number of ether oxygens (including phenoxy) is 1. The van der Waals surface area contributed by atoms with Gasteiger partial charge >= 0.3 is 0 Å². The van der Waals surface area contributed by atoms with E-state index in [4.69, 9.17) is 10.5 Å². The molecule has 130 valence electrons. The van der Waals surface area contributed by atoms with Crippen molar-refractivity contribution in [3.8, 4) is 5.75 Å². The molecule has 0 aliphatic carbocycles. The van der Waals surface area contributed by atoms with Gasteiger partial charge in [-0.25, -0.2) is 0 Å². The van der Waals surface area contributed by atoms with Crippen LogP contribution in [0.15, 0.2) is 54.6 Å². The van der Waals surface area contributed by atoms with E-state index in [-0.39, 0.29) is 12.4 Å². The highest BCUT2D eigenvalue weighted by atomic mass is 16.5. The largest absolute Gasteiger partial charge is 0.484 e. The molecule has 0 saturated carbocycles. The zero-order valence-electron chi connectivity index (χ0n) is 13.9. The van der Waals surface area contributed by atoms with Crippen LogP contribution in [0, 0.1) is 0 Å². The number of nitrogens with two attached hydrogens (primary N) is 1. The Bertz CT molecular complexity index is 742. The van der Waals surface area contributed by atoms with Gasteiger partial charge in [0.15, 0.2) is 12.4 Å². The molecule has 2 rings (SSSR count). The van der Waals surface area contributed by atoms with Crippen molar-refractivity contribution in [2.75, 3.05) is 6.61 Å². The number of carbonyl (C=O) groups excluding carboxylic acids is 3. The summed E-state index contributed by atoms with van der Waals surface area (Å²) in [5.74, 6) is -0.616. The van der Waals surface area contributed by atoms with Crippen molar-refractivity contribution in [3.63, 3.8) is 0 Å². The minimum absolute atomic E-state index is 0.122. The Labute approximate surface area is 146 Å². The lowest BCUT2D eigenvalue weighted by atomic mass is 10.0. The van der Waals surface area contributed by atoms with E-state index in [1.54, 1.807) is 12.1 Å². The van der Waals surface area contributed by atoms with Gasteiger partial charge in [0.25, 0.3) is 5.91 Å². The summed E-state index contributed by atoms with van der Waals surface area (Å²) < 4.78 is 5.36. The van der Waals surface area contributed by atoms with Gasteiger partial charge in [-0.3, -0.25) is 14.4 Å². The maximum Gasteiger partial charge on any atom is 0.258 e. The fourth-order valence-electron chi connectivity index (χ4n) is 2.25. The number of primary amides is 1. The number of nitrogens with one attached hydrogen (secondary N) is 1. The normalized spacial score (nSPS) is 11.4. The van der Waals surface area contributed by atoms with Crippen LogP contribution >= 0.6 is 0 Å². The topological polar surface area (TPSA) is 98.5 Å². The maximum atomic E-state index is 12.0. The van der Waals surface area contributed by atoms with E-state index in [1.807, 2.05) is 30.3 Å². The molecule has 0 heterocycles. The van der Waals surface area contributed by atoms with Gasteiger partial charge in [0.2, 0.25) is 5.91 Å². The van der Waals surface area contributed by atoms with Crippen molar-refractivity contribution >= 4 is 17.6 Å². The highest BCUT2D eigenvalue weighted by molar-refractivity contribution is 5.92. The fraction of sp³-hybridized carbons (Fsp3) is 0.211. The molecule has 0 aliphatic rings. The van der Waals surface area contributed by atoms with Crippen molar-refractivity contribution in [1.82, 2.24) is 5.32 Å². The molecule has 2 amide bonds. The van der Waals surface area contributed by atoms with Crippen molar-refractivity contribution in [2.45, 2.75) is 19.4 Å². The van der Waals surface area contributed by atoms with Crippen molar-refractivity contribution in [3.05, 3.63) is 65.7 Å². The Morgan fingerprint density at radius 3 is 2.24 bits per heavy atom. The molecule has 0 fully saturated rings. The molecule has 0 bridgehead atoms. The van der Waals surface area contributed by atoms with Crippen LogP contribution in [0.1, 0.15) is 22.8 Å². The first-order chi connectivity index (χ1) is 12.0. The lowest BCUT2D eigenvalue weighted by Crippen LogP contribution is -2.43. The van der Waals surface area contributed by atoms with Crippen LogP contribution in [0.25, 0.3) is 0 Å². The third-order valence-electron chi connectivity index (χ3n) is 3.62. The summed E-state index contributed by atoms with van der Waals surface area (Å²) in [6.07, 6.45) is 0.426. The summed E-state index contributed by atoms with van der Waals surface area (Å²) in [7, 11) is 0. The Morgan fingerprint density at radius 1 is 1.04 bits per heavy atom. The van der Waals surface area contributed by atoms with Crippen molar-refractivity contribution in [1.29, 1.82) is 0 Å². The van der Waals surface area contributed by atoms with E-state index in [1.165, 1.54) is 19.1 Å². The van der Waals surface area contributed by atoms with Crippen LogP contribution in [0.4, 0.5) is 0 Å². The first kappa shape index (κ1) is 18.2. The molecule has 0 saturated heterocycles. The van der Waals surface area contributed by atoms with Crippen LogP contribution in [-0.2, 0) is 16.0 Å². The third-order valence-corrected chi connectivity index (χ3v) is 3.62. The first-order valence-corrected chi connectivity index (χ1v) is 7.82. The average molecular weight is 340 g/mol. The second kappa shape index (κ2) is 8.63. The van der Waals surface area contributed by atoms with Crippen LogP contribution in [-0.4, -0.2) is 30.2 Å². The lowest BCUT2D eigenvalue weighted by molar-refractivity contribution is -0.128. The zero-order chi connectivity index (χ0) is 18.2. The molecule has 0 unspecified atom stereocenters. The summed E-state index contributed by atoms with van der Waals surface area (Å²) in [5.41, 5.74) is 6.48. The molecule has 0 aliphatic heterocycles. The summed E-state index contributed by atoms with van der Waals surface area (Å²) in [6, 6.07) is 15.0. The fourth-order valence-corrected chi connectivity index (χ4v) is 2.25. The van der Waals surface area contributed by atoms with Crippen molar-refractivity contribution in [2.24, 2.45) is 5.73 Å². The van der Waals surface area contributed by atoms with Gasteiger partial charge in [-0.2, -0.15) is 0 Å². The second-order valence-corrected chi connectivity index (χ2v) is 5.60.